The molecule has 0 spiro atoms. The first-order valence-corrected chi connectivity index (χ1v) is 8.47. The number of aliphatic hydroxyl groups excluding tert-OH is 1. The first kappa shape index (κ1) is 15.4. The summed E-state index contributed by atoms with van der Waals surface area (Å²) >= 11 is 0. The van der Waals surface area contributed by atoms with Crippen LogP contribution in [0.3, 0.4) is 0 Å². The third-order valence-electron chi connectivity index (χ3n) is 4.01. The van der Waals surface area contributed by atoms with E-state index in [1.54, 1.807) is 12.1 Å². The third-order valence-corrected chi connectivity index (χ3v) is 4.94. The summed E-state index contributed by atoms with van der Waals surface area (Å²) in [6, 6.07) is 6.68. The van der Waals surface area contributed by atoms with Crippen molar-refractivity contribution in [2.45, 2.75) is 43.2 Å². The predicted molar refractivity (Wildman–Crippen MR) is 77.6 cm³/mol. The topological polar surface area (TPSA) is 92.4 Å². The van der Waals surface area contributed by atoms with E-state index in [9.17, 15) is 13.5 Å². The third kappa shape index (κ3) is 3.79. The van der Waals surface area contributed by atoms with Crippen LogP contribution >= 0.6 is 0 Å². The largest absolute Gasteiger partial charge is 0.393 e. The number of sulfonamides is 1. The van der Waals surface area contributed by atoms with Crippen LogP contribution in [-0.4, -0.2) is 26.2 Å². The standard InChI is InChI=1S/C14H22N2O3S/c1-10(16-9-12-3-2-4-14(12)17)11-5-7-13(8-6-11)20(15,18)19/h5-8,10,12,14,16-17H,2-4,9H2,1H3,(H2,15,18,19). The zero-order valence-corrected chi connectivity index (χ0v) is 12.4. The molecule has 0 saturated heterocycles. The number of hydrogen-bond acceptors (Lipinski definition) is 4. The highest BCUT2D eigenvalue weighted by molar-refractivity contribution is 7.89. The first-order chi connectivity index (χ1) is 9.38. The monoisotopic (exact) mass is 298 g/mol. The van der Waals surface area contributed by atoms with Gasteiger partial charge in [0, 0.05) is 12.6 Å². The van der Waals surface area contributed by atoms with Crippen molar-refractivity contribution in [1.29, 1.82) is 0 Å². The van der Waals surface area contributed by atoms with Gasteiger partial charge in [0.05, 0.1) is 11.0 Å². The van der Waals surface area contributed by atoms with Gasteiger partial charge < -0.3 is 10.4 Å². The molecule has 3 unspecified atom stereocenters. The fraction of sp³-hybridized carbons (Fsp3) is 0.571. The Balaban J connectivity index is 1.94. The maximum Gasteiger partial charge on any atom is 0.238 e. The minimum absolute atomic E-state index is 0.109. The smallest absolute Gasteiger partial charge is 0.238 e. The van der Waals surface area contributed by atoms with E-state index in [0.717, 1.165) is 31.4 Å². The number of benzene rings is 1. The Bertz CT molecular complexity index is 542. The molecule has 1 aliphatic rings. The van der Waals surface area contributed by atoms with E-state index in [1.165, 1.54) is 12.1 Å². The fourth-order valence-electron chi connectivity index (χ4n) is 2.65. The van der Waals surface area contributed by atoms with Gasteiger partial charge in [-0.25, -0.2) is 13.6 Å². The normalized spacial score (nSPS) is 24.8. The van der Waals surface area contributed by atoms with Gasteiger partial charge in [0.15, 0.2) is 0 Å². The van der Waals surface area contributed by atoms with E-state index in [4.69, 9.17) is 5.14 Å². The van der Waals surface area contributed by atoms with E-state index < -0.39 is 10.0 Å². The number of primary sulfonamides is 1. The van der Waals surface area contributed by atoms with Gasteiger partial charge in [-0.15, -0.1) is 0 Å². The Labute approximate surface area is 120 Å². The van der Waals surface area contributed by atoms with Gasteiger partial charge in [-0.05, 0) is 43.4 Å². The summed E-state index contributed by atoms with van der Waals surface area (Å²) < 4.78 is 22.4. The van der Waals surface area contributed by atoms with Crippen molar-refractivity contribution < 1.29 is 13.5 Å². The van der Waals surface area contributed by atoms with Crippen LogP contribution in [0.15, 0.2) is 29.2 Å². The van der Waals surface area contributed by atoms with Crippen molar-refractivity contribution in [1.82, 2.24) is 5.32 Å². The highest BCUT2D eigenvalue weighted by atomic mass is 32.2. The van der Waals surface area contributed by atoms with Crippen LogP contribution in [0.4, 0.5) is 0 Å². The maximum atomic E-state index is 11.2. The zero-order valence-electron chi connectivity index (χ0n) is 11.6. The van der Waals surface area contributed by atoms with Crippen LogP contribution in [0, 0.1) is 5.92 Å². The molecule has 0 amide bonds. The summed E-state index contributed by atoms with van der Waals surface area (Å²) in [4.78, 5) is 0.125. The number of nitrogens with two attached hydrogens (primary N) is 1. The Morgan fingerprint density at radius 2 is 2.00 bits per heavy atom. The molecule has 0 aromatic heterocycles. The van der Waals surface area contributed by atoms with Gasteiger partial charge >= 0.3 is 0 Å². The molecule has 1 saturated carbocycles. The first-order valence-electron chi connectivity index (χ1n) is 6.92. The Morgan fingerprint density at radius 1 is 1.35 bits per heavy atom. The highest BCUT2D eigenvalue weighted by Gasteiger charge is 2.25. The summed E-state index contributed by atoms with van der Waals surface area (Å²) in [7, 11) is -3.63. The lowest BCUT2D eigenvalue weighted by Gasteiger charge is -2.20. The second kappa shape index (κ2) is 6.22. The lowest BCUT2D eigenvalue weighted by molar-refractivity contribution is 0.130. The molecule has 1 aromatic rings. The van der Waals surface area contributed by atoms with E-state index in [2.05, 4.69) is 5.32 Å². The summed E-state index contributed by atoms with van der Waals surface area (Å²) in [6.45, 7) is 2.80. The molecule has 5 nitrogen and oxygen atoms in total. The van der Waals surface area contributed by atoms with Crippen molar-refractivity contribution in [2.24, 2.45) is 11.1 Å². The van der Waals surface area contributed by atoms with Crippen molar-refractivity contribution in [3.05, 3.63) is 29.8 Å². The van der Waals surface area contributed by atoms with Gasteiger partial charge in [-0.1, -0.05) is 18.6 Å². The SMILES string of the molecule is CC(NCC1CCCC1O)c1ccc(S(N)(=O)=O)cc1. The summed E-state index contributed by atoms with van der Waals surface area (Å²) in [5.74, 6) is 0.321. The zero-order chi connectivity index (χ0) is 14.8. The molecule has 0 heterocycles. The number of aliphatic hydroxyl groups is 1. The second-order valence-electron chi connectivity index (χ2n) is 5.50. The molecule has 2 rings (SSSR count). The average molecular weight is 298 g/mol. The van der Waals surface area contributed by atoms with Crippen LogP contribution in [0.25, 0.3) is 0 Å². The van der Waals surface area contributed by atoms with Gasteiger partial charge in [-0.3, -0.25) is 0 Å². The average Bonchev–Trinajstić information content (AvgIpc) is 2.81. The molecule has 112 valence electrons. The lowest BCUT2D eigenvalue weighted by Crippen LogP contribution is -2.29. The fourth-order valence-corrected chi connectivity index (χ4v) is 3.16. The van der Waals surface area contributed by atoms with Crippen molar-refractivity contribution in [3.63, 3.8) is 0 Å². The molecule has 3 atom stereocenters. The molecule has 6 heteroatoms. The molecule has 1 fully saturated rings. The Hall–Kier alpha value is -0.950. The van der Waals surface area contributed by atoms with Gasteiger partial charge in [0.2, 0.25) is 10.0 Å². The van der Waals surface area contributed by atoms with E-state index in [0.29, 0.717) is 5.92 Å². The molecular formula is C14H22N2O3S. The van der Waals surface area contributed by atoms with Crippen molar-refractivity contribution in [3.8, 4) is 0 Å². The minimum Gasteiger partial charge on any atom is -0.393 e. The Kier molecular flexibility index (Phi) is 4.80. The van der Waals surface area contributed by atoms with Crippen LogP contribution in [0.5, 0.6) is 0 Å². The van der Waals surface area contributed by atoms with E-state index in [1.807, 2.05) is 6.92 Å². The predicted octanol–water partition coefficient (Wildman–Crippen LogP) is 1.15. The quantitative estimate of drug-likeness (QED) is 0.760. The van der Waals surface area contributed by atoms with Crippen molar-refractivity contribution in [2.75, 3.05) is 6.54 Å². The van der Waals surface area contributed by atoms with Crippen LogP contribution in [0.2, 0.25) is 0 Å². The molecule has 4 N–H and O–H groups in total. The highest BCUT2D eigenvalue weighted by Crippen LogP contribution is 2.25. The van der Waals surface area contributed by atoms with Crippen LogP contribution < -0.4 is 10.5 Å². The van der Waals surface area contributed by atoms with Gasteiger partial charge in [0.1, 0.15) is 0 Å². The Morgan fingerprint density at radius 3 is 2.50 bits per heavy atom. The molecule has 0 aliphatic heterocycles. The van der Waals surface area contributed by atoms with E-state index >= 15 is 0 Å². The minimum atomic E-state index is -3.63. The van der Waals surface area contributed by atoms with Crippen LogP contribution in [-0.2, 0) is 10.0 Å². The van der Waals surface area contributed by atoms with Crippen molar-refractivity contribution >= 4 is 10.0 Å². The molecule has 1 aliphatic carbocycles. The second-order valence-corrected chi connectivity index (χ2v) is 7.06. The lowest BCUT2D eigenvalue weighted by atomic mass is 10.0. The molecule has 0 radical (unpaired) electrons. The number of nitrogens with one attached hydrogen (secondary N) is 1. The summed E-state index contributed by atoms with van der Waals surface area (Å²) in [5.41, 5.74) is 1.00. The maximum absolute atomic E-state index is 11.2. The van der Waals surface area contributed by atoms with Gasteiger partial charge in [0.25, 0.3) is 0 Å². The van der Waals surface area contributed by atoms with Crippen LogP contribution in [0.1, 0.15) is 37.8 Å². The molecule has 20 heavy (non-hydrogen) atoms. The number of rotatable bonds is 5. The summed E-state index contributed by atoms with van der Waals surface area (Å²) in [5, 5.41) is 18.2. The summed E-state index contributed by atoms with van der Waals surface area (Å²) in [6.07, 6.45) is 2.85. The van der Waals surface area contributed by atoms with E-state index in [-0.39, 0.29) is 17.0 Å². The molecule has 1 aromatic carbocycles. The van der Waals surface area contributed by atoms with Gasteiger partial charge in [-0.2, -0.15) is 0 Å². The number of hydrogen-bond donors (Lipinski definition) is 3. The molecular weight excluding hydrogens is 276 g/mol. The molecule has 0 bridgehead atoms.